The molecule has 5 rings (SSSR count). The number of aryl methyl sites for hydroxylation is 1. The van der Waals surface area contributed by atoms with Gasteiger partial charge in [-0.05, 0) is 43.4 Å². The highest BCUT2D eigenvalue weighted by atomic mass is 35.5. The first-order valence-electron chi connectivity index (χ1n) is 10.5. The van der Waals surface area contributed by atoms with Crippen LogP contribution < -0.4 is 0 Å². The van der Waals surface area contributed by atoms with Gasteiger partial charge >= 0.3 is 0 Å². The van der Waals surface area contributed by atoms with E-state index in [2.05, 4.69) is 34.3 Å². The van der Waals surface area contributed by atoms with E-state index in [-0.39, 0.29) is 5.69 Å². The fourth-order valence-electron chi connectivity index (χ4n) is 4.63. The predicted molar refractivity (Wildman–Crippen MR) is 121 cm³/mol. The molecule has 156 valence electrons. The molecule has 7 heteroatoms. The van der Waals surface area contributed by atoms with Gasteiger partial charge in [0.15, 0.2) is 5.69 Å². The van der Waals surface area contributed by atoms with E-state index < -0.39 is 0 Å². The van der Waals surface area contributed by atoms with Crippen molar-refractivity contribution in [1.82, 2.24) is 24.1 Å². The molecule has 0 aliphatic heterocycles. The number of fused-ring (bicyclic) bond motifs is 1. The summed E-state index contributed by atoms with van der Waals surface area (Å²) in [6.45, 7) is 5.21. The summed E-state index contributed by atoms with van der Waals surface area (Å²) in [4.78, 5) is 9.17. The number of nitriles is 1. The van der Waals surface area contributed by atoms with Crippen molar-refractivity contribution in [2.24, 2.45) is 5.41 Å². The van der Waals surface area contributed by atoms with E-state index in [0.29, 0.717) is 16.1 Å². The molecule has 6 nitrogen and oxygen atoms in total. The van der Waals surface area contributed by atoms with Crippen LogP contribution in [0.1, 0.15) is 44.0 Å². The van der Waals surface area contributed by atoms with Crippen LogP contribution in [0, 0.1) is 23.7 Å². The first kappa shape index (κ1) is 19.8. The summed E-state index contributed by atoms with van der Waals surface area (Å²) in [7, 11) is 0. The number of nitrogens with zero attached hydrogens (tertiary/aromatic N) is 6. The van der Waals surface area contributed by atoms with E-state index in [0.717, 1.165) is 34.6 Å². The van der Waals surface area contributed by atoms with E-state index in [4.69, 9.17) is 11.6 Å². The lowest BCUT2D eigenvalue weighted by atomic mass is 9.89. The maximum absolute atomic E-state index is 9.49. The Bertz CT molecular complexity index is 1320. The zero-order valence-electron chi connectivity index (χ0n) is 17.6. The molecule has 0 N–H and O–H groups in total. The van der Waals surface area contributed by atoms with E-state index >= 15 is 0 Å². The summed E-state index contributed by atoms with van der Waals surface area (Å²) in [5.41, 5.74) is 5.69. The highest BCUT2D eigenvalue weighted by Gasteiger charge is 2.29. The van der Waals surface area contributed by atoms with Crippen LogP contribution in [-0.2, 0) is 6.54 Å². The molecule has 0 bridgehead atoms. The van der Waals surface area contributed by atoms with Crippen LogP contribution in [0.3, 0.4) is 0 Å². The van der Waals surface area contributed by atoms with Crippen LogP contribution >= 0.6 is 11.6 Å². The first-order valence-corrected chi connectivity index (χ1v) is 10.9. The minimum absolute atomic E-state index is 0.214. The molecular weight excluding hydrogens is 408 g/mol. The van der Waals surface area contributed by atoms with E-state index in [9.17, 15) is 5.26 Å². The minimum atomic E-state index is 0.214. The van der Waals surface area contributed by atoms with Gasteiger partial charge in [0.1, 0.15) is 11.7 Å². The third kappa shape index (κ3) is 3.70. The molecule has 0 aromatic carbocycles. The van der Waals surface area contributed by atoms with Gasteiger partial charge < -0.3 is 4.40 Å². The summed E-state index contributed by atoms with van der Waals surface area (Å²) >= 11 is 6.38. The summed E-state index contributed by atoms with van der Waals surface area (Å²) in [5.74, 6) is 0. The summed E-state index contributed by atoms with van der Waals surface area (Å²) in [6, 6.07) is 7.89. The van der Waals surface area contributed by atoms with Gasteiger partial charge in [-0.25, -0.2) is 9.97 Å². The second-order valence-corrected chi connectivity index (χ2v) is 9.24. The third-order valence-electron chi connectivity index (χ3n) is 6.23. The molecule has 4 heterocycles. The SMILES string of the molecule is Cc1cn2ccc(-c3nc(C#N)c(Cl)cc3-c3cnn(CC4(C)CCCC4)c3)cc2n1. The van der Waals surface area contributed by atoms with E-state index in [1.807, 2.05) is 52.8 Å². The fourth-order valence-corrected chi connectivity index (χ4v) is 4.82. The monoisotopic (exact) mass is 430 g/mol. The number of hydrogen-bond donors (Lipinski definition) is 0. The zero-order chi connectivity index (χ0) is 21.6. The van der Waals surface area contributed by atoms with Crippen molar-refractivity contribution in [2.45, 2.75) is 46.1 Å². The van der Waals surface area contributed by atoms with Gasteiger partial charge in [-0.15, -0.1) is 0 Å². The minimum Gasteiger partial charge on any atom is -0.307 e. The second kappa shape index (κ2) is 7.51. The highest BCUT2D eigenvalue weighted by Crippen LogP contribution is 2.39. The van der Waals surface area contributed by atoms with Crippen molar-refractivity contribution in [3.63, 3.8) is 0 Å². The van der Waals surface area contributed by atoms with Crippen LogP contribution in [0.25, 0.3) is 28.0 Å². The van der Waals surface area contributed by atoms with Crippen molar-refractivity contribution >= 4 is 17.2 Å². The molecule has 1 saturated carbocycles. The normalized spacial score (nSPS) is 15.4. The lowest BCUT2D eigenvalue weighted by Crippen LogP contribution is -2.19. The molecule has 1 aliphatic rings. The van der Waals surface area contributed by atoms with E-state index in [1.165, 1.54) is 25.7 Å². The van der Waals surface area contributed by atoms with Crippen molar-refractivity contribution in [3.05, 3.63) is 59.4 Å². The van der Waals surface area contributed by atoms with Gasteiger partial charge in [0.05, 0.1) is 22.6 Å². The van der Waals surface area contributed by atoms with Gasteiger partial charge in [-0.2, -0.15) is 10.4 Å². The molecule has 4 aromatic rings. The van der Waals surface area contributed by atoms with Crippen LogP contribution in [0.4, 0.5) is 0 Å². The molecule has 0 unspecified atom stereocenters. The number of rotatable bonds is 4. The maximum atomic E-state index is 9.49. The molecule has 31 heavy (non-hydrogen) atoms. The van der Waals surface area contributed by atoms with Crippen molar-refractivity contribution in [3.8, 4) is 28.5 Å². The summed E-state index contributed by atoms with van der Waals surface area (Å²) < 4.78 is 4.00. The molecule has 0 amide bonds. The quantitative estimate of drug-likeness (QED) is 0.418. The Morgan fingerprint density at radius 1 is 1.16 bits per heavy atom. The van der Waals surface area contributed by atoms with Crippen molar-refractivity contribution < 1.29 is 0 Å². The Morgan fingerprint density at radius 2 is 1.97 bits per heavy atom. The molecule has 1 fully saturated rings. The average molecular weight is 431 g/mol. The van der Waals surface area contributed by atoms with Gasteiger partial charge in [-0.1, -0.05) is 31.4 Å². The highest BCUT2D eigenvalue weighted by molar-refractivity contribution is 6.32. The number of halogens is 1. The average Bonchev–Trinajstić information content (AvgIpc) is 3.47. The smallest absolute Gasteiger partial charge is 0.159 e. The predicted octanol–water partition coefficient (Wildman–Crippen LogP) is 5.67. The molecule has 0 atom stereocenters. The zero-order valence-corrected chi connectivity index (χ0v) is 18.4. The number of imidazole rings is 1. The lowest BCUT2D eigenvalue weighted by molar-refractivity contribution is 0.268. The maximum Gasteiger partial charge on any atom is 0.159 e. The molecule has 1 aliphatic carbocycles. The Morgan fingerprint density at radius 3 is 2.74 bits per heavy atom. The second-order valence-electron chi connectivity index (χ2n) is 8.83. The van der Waals surface area contributed by atoms with Gasteiger partial charge in [0, 0.05) is 41.8 Å². The van der Waals surface area contributed by atoms with E-state index in [1.54, 1.807) is 0 Å². The van der Waals surface area contributed by atoms with Gasteiger partial charge in [-0.3, -0.25) is 4.68 Å². The van der Waals surface area contributed by atoms with Crippen molar-refractivity contribution in [2.75, 3.05) is 0 Å². The van der Waals surface area contributed by atoms with Crippen LogP contribution in [0.5, 0.6) is 0 Å². The molecule has 0 radical (unpaired) electrons. The third-order valence-corrected chi connectivity index (χ3v) is 6.52. The Hall–Kier alpha value is -3.17. The number of pyridine rings is 2. The molecule has 0 saturated heterocycles. The van der Waals surface area contributed by atoms with Crippen LogP contribution in [-0.4, -0.2) is 24.1 Å². The fraction of sp³-hybridized carbons (Fsp3) is 0.333. The summed E-state index contributed by atoms with van der Waals surface area (Å²) in [5, 5.41) is 14.5. The number of aromatic nitrogens is 5. The topological polar surface area (TPSA) is 71.8 Å². The van der Waals surface area contributed by atoms with Crippen molar-refractivity contribution in [1.29, 1.82) is 5.26 Å². The largest absolute Gasteiger partial charge is 0.307 e. The lowest BCUT2D eigenvalue weighted by Gasteiger charge is -2.22. The molecule has 0 spiro atoms. The first-order chi connectivity index (χ1) is 14.9. The standard InChI is InChI=1S/C24H23ClN6/c1-16-13-30-8-5-17(9-22(30)28-16)23-19(10-20(25)21(11-26)29-23)18-12-27-31(14-18)15-24(2)6-3-4-7-24/h5,8-10,12-14H,3-4,6-7,15H2,1-2H3. The Balaban J connectivity index is 1.60. The Kier molecular flexibility index (Phi) is 4.79. The van der Waals surface area contributed by atoms with Gasteiger partial charge in [0.2, 0.25) is 0 Å². The molecule has 4 aromatic heterocycles. The van der Waals surface area contributed by atoms with Crippen LogP contribution in [0.2, 0.25) is 5.02 Å². The van der Waals surface area contributed by atoms with Gasteiger partial charge in [0.25, 0.3) is 0 Å². The Labute approximate surface area is 186 Å². The molecular formula is C24H23ClN6. The number of hydrogen-bond acceptors (Lipinski definition) is 4. The summed E-state index contributed by atoms with van der Waals surface area (Å²) in [6.07, 6.45) is 12.9. The van der Waals surface area contributed by atoms with Crippen LogP contribution in [0.15, 0.2) is 43.0 Å².